The van der Waals surface area contributed by atoms with Gasteiger partial charge in [-0.25, -0.2) is 0 Å². The normalized spacial score (nSPS) is 27.3. The van der Waals surface area contributed by atoms with Crippen molar-refractivity contribution in [1.29, 1.82) is 0 Å². The monoisotopic (exact) mass is 1380 g/mol. The van der Waals surface area contributed by atoms with E-state index in [1.165, 1.54) is 180 Å². The molecule has 12 N–H and O–H groups in total. The van der Waals surface area contributed by atoms with Crippen molar-refractivity contribution in [2.24, 2.45) is 0 Å². The van der Waals surface area contributed by atoms with Gasteiger partial charge in [0.2, 0.25) is 5.91 Å². The summed E-state index contributed by atoms with van der Waals surface area (Å²) in [5, 5.41) is 121. The van der Waals surface area contributed by atoms with Crippen LogP contribution in [0.1, 0.15) is 284 Å². The maximum Gasteiger partial charge on any atom is 0.220 e. The maximum atomic E-state index is 13.4. The largest absolute Gasteiger partial charge is 0.394 e. The van der Waals surface area contributed by atoms with Crippen LogP contribution in [0.3, 0.4) is 0 Å². The minimum atomic E-state index is -1.98. The highest BCUT2D eigenvalue weighted by atomic mass is 16.8. The summed E-state index contributed by atoms with van der Waals surface area (Å²) >= 11 is 0. The van der Waals surface area contributed by atoms with Crippen molar-refractivity contribution in [2.45, 2.75) is 388 Å². The smallest absolute Gasteiger partial charge is 0.220 e. The van der Waals surface area contributed by atoms with E-state index in [0.717, 1.165) is 77.0 Å². The second kappa shape index (κ2) is 58.7. The van der Waals surface area contributed by atoms with Gasteiger partial charge >= 0.3 is 0 Å². The Hall–Kier alpha value is -2.77. The Balaban J connectivity index is 1.34. The Kier molecular flexibility index (Phi) is 53.5. The lowest BCUT2D eigenvalue weighted by Gasteiger charge is -2.48. The first-order valence-corrected chi connectivity index (χ1v) is 38.7. The van der Waals surface area contributed by atoms with Crippen molar-refractivity contribution in [2.75, 3.05) is 26.4 Å². The molecule has 0 aromatic rings. The average molecular weight is 1380 g/mol. The van der Waals surface area contributed by atoms with Gasteiger partial charge < -0.3 is 89.9 Å². The molecule has 3 saturated heterocycles. The predicted octanol–water partition coefficient (Wildman–Crippen LogP) is 12.1. The van der Waals surface area contributed by atoms with E-state index in [1.807, 2.05) is 6.08 Å². The molecule has 0 radical (unpaired) electrons. The van der Waals surface area contributed by atoms with Crippen molar-refractivity contribution < 1.29 is 89.4 Å². The average Bonchev–Trinajstić information content (AvgIpc) is 0.792. The number of aliphatic hydroxyl groups is 11. The van der Waals surface area contributed by atoms with Gasteiger partial charge in [-0.1, -0.05) is 286 Å². The zero-order valence-corrected chi connectivity index (χ0v) is 60.0. The van der Waals surface area contributed by atoms with Crippen LogP contribution < -0.4 is 5.32 Å². The fraction of sp³-hybridized carbons (Fsp3) is 0.833. The van der Waals surface area contributed by atoms with Crippen LogP contribution in [0, 0.1) is 0 Å². The third kappa shape index (κ3) is 39.5. The topological polar surface area (TPSA) is 307 Å². The van der Waals surface area contributed by atoms with E-state index in [9.17, 15) is 61.0 Å². The zero-order chi connectivity index (χ0) is 70.4. The number of ether oxygens (including phenoxy) is 6. The minimum Gasteiger partial charge on any atom is -0.394 e. The number of hydrogen-bond donors (Lipinski definition) is 12. The number of nitrogens with one attached hydrogen (secondary N) is 1. The van der Waals surface area contributed by atoms with Crippen molar-refractivity contribution in [3.8, 4) is 0 Å². The SMILES string of the molecule is CC/C=C\C/C=C\C/C=C\C/C=C\C/C=C\CCCCCCCCCCCCCCCCCCCCCC(=O)NC(COC1OC(CO)C(OC2OC(CO)C(OC3OC(CO)C(O)C(O)C3O)C(O)C2O)C(O)C1O)C(O)/C=C/CCCCCCCCCCCCCCCCC. The highest BCUT2D eigenvalue weighted by Gasteiger charge is 2.53. The summed E-state index contributed by atoms with van der Waals surface area (Å²) in [5.41, 5.74) is 0. The molecular weight excluding hydrogens is 1240 g/mol. The first-order chi connectivity index (χ1) is 47.3. The zero-order valence-electron chi connectivity index (χ0n) is 60.0. The highest BCUT2D eigenvalue weighted by Crippen LogP contribution is 2.33. The molecule has 0 aliphatic carbocycles. The summed E-state index contributed by atoms with van der Waals surface area (Å²) in [5.74, 6) is -0.273. The summed E-state index contributed by atoms with van der Waals surface area (Å²) in [6, 6.07) is -0.975. The van der Waals surface area contributed by atoms with E-state index in [2.05, 4.69) is 79.9 Å². The van der Waals surface area contributed by atoms with Crippen LogP contribution in [-0.4, -0.2) is 193 Å². The Bertz CT molecular complexity index is 2040. The molecule has 19 heteroatoms. The summed E-state index contributed by atoms with van der Waals surface area (Å²) < 4.78 is 34.4. The van der Waals surface area contributed by atoms with Crippen LogP contribution in [0.2, 0.25) is 0 Å². The van der Waals surface area contributed by atoms with Crippen LogP contribution in [0.25, 0.3) is 0 Å². The molecule has 0 spiro atoms. The molecule has 3 aliphatic rings. The molecule has 3 heterocycles. The number of amides is 1. The third-order valence-electron chi connectivity index (χ3n) is 19.0. The van der Waals surface area contributed by atoms with Crippen LogP contribution in [0.4, 0.5) is 0 Å². The quantitative estimate of drug-likeness (QED) is 0.0199. The number of allylic oxidation sites excluding steroid dienone is 11. The van der Waals surface area contributed by atoms with E-state index in [0.29, 0.717) is 6.42 Å². The molecule has 3 rings (SSSR count). The molecule has 0 aromatic heterocycles. The highest BCUT2D eigenvalue weighted by molar-refractivity contribution is 5.76. The summed E-state index contributed by atoms with van der Waals surface area (Å²) in [6.07, 6.45) is 48.9. The second-order valence-electron chi connectivity index (χ2n) is 27.4. The molecule has 19 nitrogen and oxygen atoms in total. The van der Waals surface area contributed by atoms with E-state index >= 15 is 0 Å². The maximum absolute atomic E-state index is 13.4. The number of aliphatic hydroxyl groups excluding tert-OH is 11. The van der Waals surface area contributed by atoms with Crippen LogP contribution in [0.15, 0.2) is 72.9 Å². The van der Waals surface area contributed by atoms with Gasteiger partial charge in [-0.15, -0.1) is 0 Å². The number of rotatable bonds is 60. The van der Waals surface area contributed by atoms with Crippen molar-refractivity contribution >= 4 is 5.91 Å². The summed E-state index contributed by atoms with van der Waals surface area (Å²) in [4.78, 5) is 13.4. The molecule has 0 bridgehead atoms. The van der Waals surface area contributed by atoms with Gasteiger partial charge in [-0.2, -0.15) is 0 Å². The van der Waals surface area contributed by atoms with Gasteiger partial charge in [0.05, 0.1) is 38.6 Å². The Labute approximate surface area is 585 Å². The van der Waals surface area contributed by atoms with E-state index in [-0.39, 0.29) is 18.9 Å². The molecule has 3 aliphatic heterocycles. The van der Waals surface area contributed by atoms with E-state index in [4.69, 9.17) is 28.4 Å². The van der Waals surface area contributed by atoms with Gasteiger partial charge in [0.25, 0.3) is 0 Å². The van der Waals surface area contributed by atoms with Crippen molar-refractivity contribution in [1.82, 2.24) is 5.32 Å². The van der Waals surface area contributed by atoms with Gasteiger partial charge in [0.15, 0.2) is 18.9 Å². The van der Waals surface area contributed by atoms with Gasteiger partial charge in [-0.05, 0) is 64.2 Å². The van der Waals surface area contributed by atoms with Gasteiger partial charge in [0.1, 0.15) is 73.2 Å². The lowest BCUT2D eigenvalue weighted by molar-refractivity contribution is -0.379. The molecule has 17 unspecified atom stereocenters. The molecule has 0 saturated carbocycles. The summed E-state index contributed by atoms with van der Waals surface area (Å²) in [7, 11) is 0. The predicted molar refractivity (Wildman–Crippen MR) is 383 cm³/mol. The minimum absolute atomic E-state index is 0.244. The van der Waals surface area contributed by atoms with Gasteiger partial charge in [-0.3, -0.25) is 4.79 Å². The lowest BCUT2D eigenvalue weighted by Crippen LogP contribution is -2.66. The Morgan fingerprint density at radius 3 is 1.11 bits per heavy atom. The second-order valence-corrected chi connectivity index (χ2v) is 27.4. The molecule has 97 heavy (non-hydrogen) atoms. The lowest BCUT2D eigenvalue weighted by atomic mass is 9.96. The van der Waals surface area contributed by atoms with Crippen LogP contribution in [0.5, 0.6) is 0 Å². The first-order valence-electron chi connectivity index (χ1n) is 38.7. The van der Waals surface area contributed by atoms with Crippen molar-refractivity contribution in [3.05, 3.63) is 72.9 Å². The Morgan fingerprint density at radius 2 is 0.711 bits per heavy atom. The molecule has 0 aromatic carbocycles. The number of unbranched alkanes of at least 4 members (excludes halogenated alkanes) is 34. The fourth-order valence-corrected chi connectivity index (χ4v) is 12.8. The van der Waals surface area contributed by atoms with E-state index < -0.39 is 124 Å². The molecule has 17 atom stereocenters. The molecule has 564 valence electrons. The third-order valence-corrected chi connectivity index (χ3v) is 19.0. The van der Waals surface area contributed by atoms with E-state index in [1.54, 1.807) is 6.08 Å². The molecule has 3 fully saturated rings. The number of carbonyl (C=O) groups is 1. The molecule has 1 amide bonds. The van der Waals surface area contributed by atoms with Crippen LogP contribution in [-0.2, 0) is 33.2 Å². The fourth-order valence-electron chi connectivity index (χ4n) is 12.8. The van der Waals surface area contributed by atoms with Crippen molar-refractivity contribution in [3.63, 3.8) is 0 Å². The van der Waals surface area contributed by atoms with Crippen LogP contribution >= 0.6 is 0 Å². The summed E-state index contributed by atoms with van der Waals surface area (Å²) in [6.45, 7) is 1.64. The number of carbonyl (C=O) groups excluding carboxylic acids is 1. The Morgan fingerprint density at radius 1 is 0.381 bits per heavy atom. The standard InChI is InChI=1S/C78H139NO18/c1-3-5-7-9-11-13-15-17-19-21-22-23-24-25-26-27-28-29-30-31-32-33-34-35-36-37-38-40-42-44-46-48-50-52-54-56-66(84)79-61(62(83)55-53-51-49-47-45-43-41-39-20-18-16-14-12-10-8-6-4-2)60-92-76-72(90)69(87)74(64(58-81)94-76)97-78-73(91)70(88)75(65(59-82)95-78)96-77-71(89)68(86)67(85)63(57-80)93-77/h5,7,11,13,17,19,22-23,25-26,53,55,61-65,67-78,80-83,85-91H,3-4,6,8-10,12,14-16,18,20-21,24,27-52,54,56-60H2,1-2H3,(H,79,84)/b7-5-,13-11-,19-17-,23-22-,26-25-,55-53+. The number of hydrogen-bond acceptors (Lipinski definition) is 18. The molecular formula is C78H139NO18. The van der Waals surface area contributed by atoms with Gasteiger partial charge in [0, 0.05) is 6.42 Å². The first kappa shape index (κ1) is 88.4.